The van der Waals surface area contributed by atoms with Crippen LogP contribution in [0.2, 0.25) is 5.02 Å². The van der Waals surface area contributed by atoms with Crippen molar-refractivity contribution >= 4 is 29.6 Å². The number of carbonyl (C=O) groups is 3. The second-order valence-corrected chi connectivity index (χ2v) is 5.64. The Kier molecular flexibility index (Phi) is 6.41. The Bertz CT molecular complexity index is 717. The molecule has 2 amide bonds. The second kappa shape index (κ2) is 8.53. The molecule has 1 heterocycles. The first-order valence-corrected chi connectivity index (χ1v) is 8.25. The fraction of sp³-hybridized carbons (Fsp3) is 0.353. The van der Waals surface area contributed by atoms with Crippen LogP contribution in [0, 0.1) is 0 Å². The molecule has 0 aliphatic carbocycles. The molecule has 1 aromatic rings. The molecule has 1 atom stereocenters. The predicted molar refractivity (Wildman–Crippen MR) is 91.1 cm³/mol. The van der Waals surface area contributed by atoms with Crippen LogP contribution in [0.1, 0.15) is 30.6 Å². The maximum Gasteiger partial charge on any atom is 0.340 e. The van der Waals surface area contributed by atoms with Crippen molar-refractivity contribution in [3.05, 3.63) is 46.1 Å². The first-order chi connectivity index (χ1) is 12.0. The lowest BCUT2D eigenvalue weighted by atomic mass is 10.0. The Morgan fingerprint density at radius 1 is 1.16 bits per heavy atom. The average Bonchev–Trinajstić information content (AvgIpc) is 2.59. The number of urea groups is 1. The van der Waals surface area contributed by atoms with Gasteiger partial charge in [0.1, 0.15) is 6.61 Å². The summed E-state index contributed by atoms with van der Waals surface area (Å²) in [5.74, 6) is -1.22. The highest BCUT2D eigenvalue weighted by Gasteiger charge is 2.32. The molecular formula is C17H19ClN2O5. The van der Waals surface area contributed by atoms with E-state index < -0.39 is 24.0 Å². The smallest absolute Gasteiger partial charge is 0.340 e. The monoisotopic (exact) mass is 366 g/mol. The molecule has 1 aliphatic rings. The first-order valence-electron chi connectivity index (χ1n) is 7.87. The third-order valence-corrected chi connectivity index (χ3v) is 3.92. The zero-order chi connectivity index (χ0) is 18.4. The van der Waals surface area contributed by atoms with Crippen LogP contribution in [0.15, 0.2) is 35.5 Å². The fourth-order valence-electron chi connectivity index (χ4n) is 2.42. The molecule has 8 heteroatoms. The summed E-state index contributed by atoms with van der Waals surface area (Å²) < 4.78 is 10.3. The van der Waals surface area contributed by atoms with Gasteiger partial charge < -0.3 is 20.1 Å². The Balaban J connectivity index is 2.22. The topological polar surface area (TPSA) is 93.7 Å². The first kappa shape index (κ1) is 18.8. The number of esters is 2. The summed E-state index contributed by atoms with van der Waals surface area (Å²) in [4.78, 5) is 36.2. The van der Waals surface area contributed by atoms with Gasteiger partial charge in [-0.15, -0.1) is 0 Å². The van der Waals surface area contributed by atoms with Crippen molar-refractivity contribution in [3.8, 4) is 0 Å². The van der Waals surface area contributed by atoms with E-state index in [9.17, 15) is 14.4 Å². The van der Waals surface area contributed by atoms with Gasteiger partial charge in [-0.05, 0) is 25.5 Å². The maximum absolute atomic E-state index is 12.2. The van der Waals surface area contributed by atoms with Crippen molar-refractivity contribution in [3.63, 3.8) is 0 Å². The minimum atomic E-state index is -0.651. The normalized spacial score (nSPS) is 16.8. The zero-order valence-corrected chi connectivity index (χ0v) is 14.7. The fourth-order valence-corrected chi connectivity index (χ4v) is 2.63. The summed E-state index contributed by atoms with van der Waals surface area (Å²) in [6.07, 6.45) is 0.490. The van der Waals surface area contributed by atoms with E-state index in [2.05, 4.69) is 10.6 Å². The third-order valence-electron chi connectivity index (χ3n) is 3.59. The van der Waals surface area contributed by atoms with E-state index in [1.54, 1.807) is 25.1 Å². The molecule has 1 aromatic carbocycles. The van der Waals surface area contributed by atoms with E-state index in [-0.39, 0.29) is 35.1 Å². The van der Waals surface area contributed by atoms with Crippen LogP contribution in [0.25, 0.3) is 0 Å². The third kappa shape index (κ3) is 4.51. The Morgan fingerprint density at radius 3 is 2.52 bits per heavy atom. The van der Waals surface area contributed by atoms with Gasteiger partial charge in [0.15, 0.2) is 0 Å². The van der Waals surface area contributed by atoms with E-state index in [0.717, 1.165) is 0 Å². The number of rotatable bonds is 6. The van der Waals surface area contributed by atoms with Gasteiger partial charge in [0.25, 0.3) is 0 Å². The quantitative estimate of drug-likeness (QED) is 0.754. The lowest BCUT2D eigenvalue weighted by Crippen LogP contribution is -2.51. The molecule has 0 saturated carbocycles. The molecule has 2 rings (SSSR count). The van der Waals surface area contributed by atoms with Crippen LogP contribution in [0.3, 0.4) is 0 Å². The van der Waals surface area contributed by atoms with Crippen molar-refractivity contribution in [2.75, 3.05) is 13.2 Å². The maximum atomic E-state index is 12.2. The van der Waals surface area contributed by atoms with E-state index >= 15 is 0 Å². The highest BCUT2D eigenvalue weighted by molar-refractivity contribution is 6.33. The van der Waals surface area contributed by atoms with Crippen LogP contribution in [-0.2, 0) is 14.3 Å². The number of benzene rings is 1. The summed E-state index contributed by atoms with van der Waals surface area (Å²) in [5, 5.41) is 5.41. The summed E-state index contributed by atoms with van der Waals surface area (Å²) in [7, 11) is 0. The average molecular weight is 367 g/mol. The molecule has 0 aromatic heterocycles. The lowest BCUT2D eigenvalue weighted by molar-refractivity contribution is -0.139. The zero-order valence-electron chi connectivity index (χ0n) is 13.9. The van der Waals surface area contributed by atoms with E-state index in [1.165, 1.54) is 6.07 Å². The SMILES string of the molecule is CCOC(=O)C1=C(COC(=O)c2ccccc2Cl)NC(=O)N[C@@H]1CC. The van der Waals surface area contributed by atoms with Gasteiger partial charge in [-0.3, -0.25) is 0 Å². The molecule has 25 heavy (non-hydrogen) atoms. The van der Waals surface area contributed by atoms with Gasteiger partial charge >= 0.3 is 18.0 Å². The van der Waals surface area contributed by atoms with Crippen molar-refractivity contribution in [2.45, 2.75) is 26.3 Å². The predicted octanol–water partition coefficient (Wildman–Crippen LogP) is 2.41. The summed E-state index contributed by atoms with van der Waals surface area (Å²) in [6.45, 7) is 3.43. The molecule has 0 spiro atoms. The van der Waals surface area contributed by atoms with Gasteiger partial charge in [-0.25, -0.2) is 14.4 Å². The molecule has 1 aliphatic heterocycles. The lowest BCUT2D eigenvalue weighted by Gasteiger charge is -2.28. The molecule has 0 saturated heterocycles. The Labute approximate surface area is 150 Å². The standard InChI is InChI=1S/C17H19ClN2O5/c1-3-12-14(16(22)24-4-2)13(20-17(23)19-12)9-25-15(21)10-7-5-6-8-11(10)18/h5-8,12H,3-4,9H2,1-2H3,(H2,19,20,23)/t12-/m1/s1. The number of ether oxygens (including phenoxy) is 2. The Morgan fingerprint density at radius 2 is 1.88 bits per heavy atom. The number of hydrogen-bond acceptors (Lipinski definition) is 5. The largest absolute Gasteiger partial charge is 0.463 e. The van der Waals surface area contributed by atoms with Crippen LogP contribution >= 0.6 is 11.6 Å². The number of amides is 2. The van der Waals surface area contributed by atoms with Crippen LogP contribution in [0.4, 0.5) is 4.79 Å². The highest BCUT2D eigenvalue weighted by atomic mass is 35.5. The van der Waals surface area contributed by atoms with Gasteiger partial charge in [0, 0.05) is 0 Å². The second-order valence-electron chi connectivity index (χ2n) is 5.23. The van der Waals surface area contributed by atoms with Crippen LogP contribution in [0.5, 0.6) is 0 Å². The summed E-state index contributed by atoms with van der Waals surface area (Å²) in [5.41, 5.74) is 0.653. The molecule has 0 unspecified atom stereocenters. The Hall–Kier alpha value is -2.54. The van der Waals surface area contributed by atoms with Gasteiger partial charge in [0.2, 0.25) is 0 Å². The van der Waals surface area contributed by atoms with Gasteiger partial charge in [-0.2, -0.15) is 0 Å². The van der Waals surface area contributed by atoms with E-state index in [1.807, 2.05) is 6.92 Å². The van der Waals surface area contributed by atoms with Crippen molar-refractivity contribution < 1.29 is 23.9 Å². The number of nitrogens with one attached hydrogen (secondary N) is 2. The van der Waals surface area contributed by atoms with Crippen LogP contribution < -0.4 is 10.6 Å². The number of carbonyl (C=O) groups excluding carboxylic acids is 3. The molecular weight excluding hydrogens is 348 g/mol. The minimum absolute atomic E-state index is 0.194. The molecule has 7 nitrogen and oxygen atoms in total. The van der Waals surface area contributed by atoms with Crippen molar-refractivity contribution in [1.29, 1.82) is 0 Å². The van der Waals surface area contributed by atoms with E-state index in [4.69, 9.17) is 21.1 Å². The van der Waals surface area contributed by atoms with E-state index in [0.29, 0.717) is 6.42 Å². The summed E-state index contributed by atoms with van der Waals surface area (Å²) in [6, 6.07) is 5.47. The van der Waals surface area contributed by atoms with Crippen molar-refractivity contribution in [2.24, 2.45) is 0 Å². The van der Waals surface area contributed by atoms with Gasteiger partial charge in [-0.1, -0.05) is 30.7 Å². The number of halogens is 1. The minimum Gasteiger partial charge on any atom is -0.463 e. The van der Waals surface area contributed by atoms with Crippen LogP contribution in [-0.4, -0.2) is 37.2 Å². The molecule has 2 N–H and O–H groups in total. The molecule has 0 fully saturated rings. The molecule has 0 bridgehead atoms. The van der Waals surface area contributed by atoms with Gasteiger partial charge in [0.05, 0.1) is 34.5 Å². The molecule has 134 valence electrons. The highest BCUT2D eigenvalue weighted by Crippen LogP contribution is 2.19. The molecule has 0 radical (unpaired) electrons. The van der Waals surface area contributed by atoms with Crippen molar-refractivity contribution in [1.82, 2.24) is 10.6 Å². The number of hydrogen-bond donors (Lipinski definition) is 2. The summed E-state index contributed by atoms with van der Waals surface area (Å²) >= 11 is 5.96.